The van der Waals surface area contributed by atoms with Gasteiger partial charge in [0.05, 0.1) is 0 Å². The highest BCUT2D eigenvalue weighted by Crippen LogP contribution is 2.29. The average Bonchev–Trinajstić information content (AvgIpc) is 2.40. The zero-order chi connectivity index (χ0) is 12.3. The number of hydrogen-bond donors (Lipinski definition) is 2. The largest absolute Gasteiger partial charge is 0.508 e. The average molecular weight is 224 g/mol. The van der Waals surface area contributed by atoms with Crippen LogP contribution in [-0.4, -0.2) is 10.2 Å². The van der Waals surface area contributed by atoms with E-state index in [0.717, 1.165) is 0 Å². The zero-order valence-corrected chi connectivity index (χ0v) is 9.17. The third-order valence-corrected chi connectivity index (χ3v) is 2.69. The highest BCUT2D eigenvalue weighted by molar-refractivity contribution is 5.44. The Hall–Kier alpha value is -2.24. The molecule has 0 radical (unpaired) electrons. The molecule has 0 heterocycles. The van der Waals surface area contributed by atoms with Crippen LogP contribution >= 0.6 is 0 Å². The van der Waals surface area contributed by atoms with Gasteiger partial charge in [-0.3, -0.25) is 0 Å². The molecule has 0 saturated carbocycles. The molecule has 1 unspecified atom stereocenters. The topological polar surface area (TPSA) is 40.5 Å². The molecule has 0 aliphatic carbocycles. The van der Waals surface area contributed by atoms with E-state index in [1.165, 1.54) is 12.1 Å². The van der Waals surface area contributed by atoms with Crippen molar-refractivity contribution in [3.63, 3.8) is 0 Å². The minimum Gasteiger partial charge on any atom is -0.508 e. The number of phenols is 1. The maximum Gasteiger partial charge on any atom is 0.176 e. The Kier molecular flexibility index (Phi) is 2.86. The summed E-state index contributed by atoms with van der Waals surface area (Å²) in [6, 6.07) is 15.3. The number of benzene rings is 2. The lowest BCUT2D eigenvalue weighted by molar-refractivity contribution is 0.145. The quantitative estimate of drug-likeness (QED) is 0.768. The predicted octanol–water partition coefficient (Wildman–Crippen LogP) is 2.26. The first-order valence-electron chi connectivity index (χ1n) is 5.22. The molecular weight excluding hydrogens is 212 g/mol. The Morgan fingerprint density at radius 2 is 1.41 bits per heavy atom. The van der Waals surface area contributed by atoms with Gasteiger partial charge in [0.1, 0.15) is 5.75 Å². The Morgan fingerprint density at radius 3 is 1.94 bits per heavy atom. The summed E-state index contributed by atoms with van der Waals surface area (Å²) in [5, 5.41) is 19.8. The number of aromatic hydroxyl groups is 1. The molecule has 0 saturated heterocycles. The second kappa shape index (κ2) is 4.32. The van der Waals surface area contributed by atoms with E-state index in [2.05, 4.69) is 5.92 Å². The van der Waals surface area contributed by atoms with E-state index >= 15 is 0 Å². The molecule has 2 aromatic carbocycles. The first-order valence-corrected chi connectivity index (χ1v) is 5.22. The SMILES string of the molecule is C#CC(O)(c1ccccc1)c1ccc(O)cc1. The zero-order valence-electron chi connectivity index (χ0n) is 9.17. The minimum absolute atomic E-state index is 0.140. The summed E-state index contributed by atoms with van der Waals surface area (Å²) in [6.07, 6.45) is 5.45. The summed E-state index contributed by atoms with van der Waals surface area (Å²) in [4.78, 5) is 0. The molecule has 2 aromatic rings. The molecule has 0 aliphatic rings. The molecule has 0 aromatic heterocycles. The minimum atomic E-state index is -1.46. The first kappa shape index (κ1) is 11.3. The Morgan fingerprint density at radius 1 is 0.882 bits per heavy atom. The number of aliphatic hydroxyl groups is 1. The standard InChI is InChI=1S/C15H12O2/c1-2-15(17,12-6-4-3-5-7-12)13-8-10-14(16)11-9-13/h1,3-11,16-17H. The van der Waals surface area contributed by atoms with Gasteiger partial charge < -0.3 is 10.2 Å². The van der Waals surface area contributed by atoms with Crippen LogP contribution in [0.1, 0.15) is 11.1 Å². The van der Waals surface area contributed by atoms with Crippen molar-refractivity contribution >= 4 is 0 Å². The smallest absolute Gasteiger partial charge is 0.176 e. The fraction of sp³-hybridized carbons (Fsp3) is 0.0667. The van der Waals surface area contributed by atoms with E-state index in [1.54, 1.807) is 24.3 Å². The maximum atomic E-state index is 10.5. The van der Waals surface area contributed by atoms with Gasteiger partial charge in [-0.2, -0.15) is 0 Å². The van der Waals surface area contributed by atoms with E-state index in [-0.39, 0.29) is 5.75 Å². The molecule has 0 amide bonds. The Bertz CT molecular complexity index is 537. The third kappa shape index (κ3) is 2.01. The van der Waals surface area contributed by atoms with Crippen molar-refractivity contribution in [2.75, 3.05) is 0 Å². The van der Waals surface area contributed by atoms with Crippen LogP contribution in [0.5, 0.6) is 5.75 Å². The van der Waals surface area contributed by atoms with Crippen LogP contribution in [0.3, 0.4) is 0 Å². The van der Waals surface area contributed by atoms with Gasteiger partial charge in [0.25, 0.3) is 0 Å². The lowest BCUT2D eigenvalue weighted by Crippen LogP contribution is -2.24. The lowest BCUT2D eigenvalue weighted by atomic mass is 9.87. The number of hydrogen-bond acceptors (Lipinski definition) is 2. The van der Waals surface area contributed by atoms with Crippen molar-refractivity contribution < 1.29 is 10.2 Å². The first-order chi connectivity index (χ1) is 8.16. The summed E-state index contributed by atoms with van der Waals surface area (Å²) < 4.78 is 0. The summed E-state index contributed by atoms with van der Waals surface area (Å²) in [5.74, 6) is 2.54. The number of phenolic OH excluding ortho intramolecular Hbond substituents is 1. The van der Waals surface area contributed by atoms with Crippen molar-refractivity contribution in [1.29, 1.82) is 0 Å². The van der Waals surface area contributed by atoms with Gasteiger partial charge in [0, 0.05) is 11.1 Å². The molecule has 84 valence electrons. The van der Waals surface area contributed by atoms with Gasteiger partial charge in [-0.25, -0.2) is 0 Å². The van der Waals surface area contributed by atoms with Crippen LogP contribution in [0.4, 0.5) is 0 Å². The molecule has 2 N–H and O–H groups in total. The molecule has 0 aliphatic heterocycles. The predicted molar refractivity (Wildman–Crippen MR) is 66.4 cm³/mol. The monoisotopic (exact) mass is 224 g/mol. The lowest BCUT2D eigenvalue weighted by Gasteiger charge is -2.23. The maximum absolute atomic E-state index is 10.5. The Balaban J connectivity index is 2.53. The molecular formula is C15H12O2. The molecule has 0 bridgehead atoms. The van der Waals surface area contributed by atoms with Crippen molar-refractivity contribution in [3.05, 3.63) is 65.7 Å². The van der Waals surface area contributed by atoms with Crippen molar-refractivity contribution in [2.45, 2.75) is 5.60 Å². The van der Waals surface area contributed by atoms with E-state index in [0.29, 0.717) is 11.1 Å². The van der Waals surface area contributed by atoms with Crippen LogP contribution < -0.4 is 0 Å². The van der Waals surface area contributed by atoms with Crippen molar-refractivity contribution in [3.8, 4) is 18.1 Å². The molecule has 2 nitrogen and oxygen atoms in total. The highest BCUT2D eigenvalue weighted by Gasteiger charge is 2.28. The van der Waals surface area contributed by atoms with Crippen LogP contribution in [0.2, 0.25) is 0 Å². The molecule has 1 atom stereocenters. The van der Waals surface area contributed by atoms with Gasteiger partial charge >= 0.3 is 0 Å². The fourth-order valence-electron chi connectivity index (χ4n) is 1.72. The van der Waals surface area contributed by atoms with Crippen LogP contribution in [0, 0.1) is 12.3 Å². The van der Waals surface area contributed by atoms with Gasteiger partial charge in [-0.05, 0) is 12.1 Å². The molecule has 0 spiro atoms. The number of rotatable bonds is 2. The third-order valence-electron chi connectivity index (χ3n) is 2.69. The van der Waals surface area contributed by atoms with E-state index < -0.39 is 5.60 Å². The second-order valence-corrected chi connectivity index (χ2v) is 3.77. The second-order valence-electron chi connectivity index (χ2n) is 3.77. The van der Waals surface area contributed by atoms with E-state index in [4.69, 9.17) is 6.42 Å². The summed E-state index contributed by atoms with van der Waals surface area (Å²) >= 11 is 0. The van der Waals surface area contributed by atoms with E-state index in [9.17, 15) is 10.2 Å². The van der Waals surface area contributed by atoms with Gasteiger partial charge in [-0.1, -0.05) is 48.4 Å². The molecule has 2 heteroatoms. The van der Waals surface area contributed by atoms with Crippen LogP contribution in [-0.2, 0) is 5.60 Å². The van der Waals surface area contributed by atoms with Gasteiger partial charge in [-0.15, -0.1) is 6.42 Å². The van der Waals surface area contributed by atoms with Crippen LogP contribution in [0.15, 0.2) is 54.6 Å². The molecule has 2 rings (SSSR count). The van der Waals surface area contributed by atoms with Gasteiger partial charge in [0.15, 0.2) is 5.60 Å². The highest BCUT2D eigenvalue weighted by atomic mass is 16.3. The summed E-state index contributed by atoms with van der Waals surface area (Å²) in [7, 11) is 0. The normalized spacial score (nSPS) is 13.6. The van der Waals surface area contributed by atoms with Crippen LogP contribution in [0.25, 0.3) is 0 Å². The van der Waals surface area contributed by atoms with Crippen molar-refractivity contribution in [1.82, 2.24) is 0 Å². The van der Waals surface area contributed by atoms with Crippen molar-refractivity contribution in [2.24, 2.45) is 0 Å². The summed E-state index contributed by atoms with van der Waals surface area (Å²) in [6.45, 7) is 0. The molecule has 17 heavy (non-hydrogen) atoms. The molecule has 0 fully saturated rings. The fourth-order valence-corrected chi connectivity index (χ4v) is 1.72. The summed E-state index contributed by atoms with van der Waals surface area (Å²) in [5.41, 5.74) is -0.271. The van der Waals surface area contributed by atoms with E-state index in [1.807, 2.05) is 18.2 Å². The number of terminal acetylenes is 1. The van der Waals surface area contributed by atoms with Gasteiger partial charge in [0.2, 0.25) is 0 Å². The Labute approximate surface area is 100 Å².